The Morgan fingerprint density at radius 3 is 2.46 bits per heavy atom. The van der Waals surface area contributed by atoms with Crippen LogP contribution in [0.1, 0.15) is 16.8 Å². The van der Waals surface area contributed by atoms with Crippen molar-refractivity contribution in [2.45, 2.75) is 12.6 Å². The van der Waals surface area contributed by atoms with Crippen LogP contribution in [0.15, 0.2) is 30.6 Å². The lowest BCUT2D eigenvalue weighted by atomic mass is 10.2. The molecule has 0 aliphatic carbocycles. The summed E-state index contributed by atoms with van der Waals surface area (Å²) in [6.45, 7) is -0.829. The zero-order valence-corrected chi connectivity index (χ0v) is 13.3. The van der Waals surface area contributed by atoms with Crippen molar-refractivity contribution >= 4 is 29.2 Å². The fourth-order valence-corrected chi connectivity index (χ4v) is 1.91. The summed E-state index contributed by atoms with van der Waals surface area (Å²) in [7, 11) is 0. The molecule has 10 heteroatoms. The molecule has 0 saturated heterocycles. The van der Waals surface area contributed by atoms with Crippen LogP contribution in [0.4, 0.5) is 13.2 Å². The molecule has 0 fully saturated rings. The molecule has 0 radical (unpaired) electrons. The smallest absolute Gasteiger partial charge is 0.392 e. The van der Waals surface area contributed by atoms with Gasteiger partial charge in [0.1, 0.15) is 17.9 Å². The minimum atomic E-state index is -4.43. The molecule has 24 heavy (non-hydrogen) atoms. The van der Waals surface area contributed by atoms with Crippen LogP contribution in [0.2, 0.25) is 10.0 Å². The van der Waals surface area contributed by atoms with Gasteiger partial charge in [-0.25, -0.2) is 14.8 Å². The number of hydrogen-bond donors (Lipinski definition) is 0. The van der Waals surface area contributed by atoms with E-state index in [0.29, 0.717) is 0 Å². The molecule has 0 unspecified atom stereocenters. The molecule has 1 aromatic heterocycles. The average molecular weight is 381 g/mol. The van der Waals surface area contributed by atoms with E-state index in [1.54, 1.807) is 0 Å². The second-order valence-electron chi connectivity index (χ2n) is 4.40. The highest BCUT2D eigenvalue weighted by atomic mass is 35.5. The first-order valence-corrected chi connectivity index (χ1v) is 7.19. The molecule has 0 atom stereocenters. The Balaban J connectivity index is 2.16. The number of alkyl halides is 3. The third-order valence-corrected chi connectivity index (χ3v) is 3.11. The first-order chi connectivity index (χ1) is 11.3. The quantitative estimate of drug-likeness (QED) is 0.704. The maximum atomic E-state index is 12.1. The maximum Gasteiger partial charge on any atom is 0.392 e. The number of hydrogen-bond acceptors (Lipinski definition) is 5. The standard InChI is InChI=1S/C14H9Cl2F3N2O3/c15-8-6-20-13(21-7-8)24-10-3-1-2-9(16)11(10)12(22)23-5-4-14(17,18)19/h1-3,6-7H,4-5H2. The van der Waals surface area contributed by atoms with Gasteiger partial charge in [0.2, 0.25) is 0 Å². The Morgan fingerprint density at radius 2 is 1.83 bits per heavy atom. The van der Waals surface area contributed by atoms with Crippen molar-refractivity contribution in [2.24, 2.45) is 0 Å². The van der Waals surface area contributed by atoms with Gasteiger partial charge < -0.3 is 9.47 Å². The average Bonchev–Trinajstić information content (AvgIpc) is 2.48. The molecular weight excluding hydrogens is 372 g/mol. The van der Waals surface area contributed by atoms with E-state index in [4.69, 9.17) is 27.9 Å². The van der Waals surface area contributed by atoms with Crippen molar-refractivity contribution in [2.75, 3.05) is 6.61 Å². The van der Waals surface area contributed by atoms with Crippen molar-refractivity contribution in [3.8, 4) is 11.8 Å². The molecule has 2 rings (SSSR count). The summed E-state index contributed by atoms with van der Waals surface area (Å²) < 4.78 is 46.3. The SMILES string of the molecule is O=C(OCCC(F)(F)F)c1c(Cl)cccc1Oc1ncc(Cl)cn1. The molecule has 2 aromatic rings. The van der Waals surface area contributed by atoms with Crippen molar-refractivity contribution in [1.29, 1.82) is 0 Å². The minimum Gasteiger partial charge on any atom is -0.462 e. The van der Waals surface area contributed by atoms with Crippen molar-refractivity contribution in [1.82, 2.24) is 9.97 Å². The van der Waals surface area contributed by atoms with Gasteiger partial charge in [0.25, 0.3) is 0 Å². The molecule has 0 saturated carbocycles. The summed E-state index contributed by atoms with van der Waals surface area (Å²) in [6.07, 6.45) is -3.15. The molecule has 1 aromatic carbocycles. The largest absolute Gasteiger partial charge is 0.462 e. The lowest BCUT2D eigenvalue weighted by Crippen LogP contribution is -2.15. The van der Waals surface area contributed by atoms with Gasteiger partial charge in [-0.15, -0.1) is 0 Å². The molecule has 0 bridgehead atoms. The van der Waals surface area contributed by atoms with Crippen LogP contribution in [-0.2, 0) is 4.74 Å². The lowest BCUT2D eigenvalue weighted by molar-refractivity contribution is -0.141. The van der Waals surface area contributed by atoms with Crippen LogP contribution in [0.25, 0.3) is 0 Å². The van der Waals surface area contributed by atoms with E-state index < -0.39 is 25.2 Å². The van der Waals surface area contributed by atoms with Gasteiger partial charge in [-0.05, 0) is 12.1 Å². The fraction of sp³-hybridized carbons (Fsp3) is 0.214. The van der Waals surface area contributed by atoms with Gasteiger partial charge in [0, 0.05) is 0 Å². The Labute approximate surface area is 144 Å². The number of carbonyl (C=O) groups is 1. The number of benzene rings is 1. The number of ether oxygens (including phenoxy) is 2. The van der Waals surface area contributed by atoms with E-state index in [0.717, 1.165) is 0 Å². The predicted molar refractivity (Wildman–Crippen MR) is 79.5 cm³/mol. The van der Waals surface area contributed by atoms with Crippen molar-refractivity contribution in [3.63, 3.8) is 0 Å². The van der Waals surface area contributed by atoms with Crippen molar-refractivity contribution < 1.29 is 27.4 Å². The van der Waals surface area contributed by atoms with E-state index in [1.807, 2.05) is 0 Å². The Hall–Kier alpha value is -2.06. The zero-order valence-electron chi connectivity index (χ0n) is 11.8. The molecule has 5 nitrogen and oxygen atoms in total. The molecule has 0 aliphatic heterocycles. The summed E-state index contributed by atoms with van der Waals surface area (Å²) in [5.41, 5.74) is -0.222. The molecule has 0 aliphatic rings. The van der Waals surface area contributed by atoms with Crippen LogP contribution in [0.3, 0.4) is 0 Å². The highest BCUT2D eigenvalue weighted by Gasteiger charge is 2.28. The van der Waals surface area contributed by atoms with Gasteiger partial charge in [-0.1, -0.05) is 29.3 Å². The molecule has 0 amide bonds. The highest BCUT2D eigenvalue weighted by Crippen LogP contribution is 2.30. The first-order valence-electron chi connectivity index (χ1n) is 6.44. The Kier molecular flexibility index (Phi) is 5.84. The van der Waals surface area contributed by atoms with Gasteiger partial charge in [0.15, 0.2) is 0 Å². The van der Waals surface area contributed by atoms with Crippen LogP contribution in [0, 0.1) is 0 Å². The summed E-state index contributed by atoms with van der Waals surface area (Å²) in [5, 5.41) is 0.235. The van der Waals surface area contributed by atoms with Crippen LogP contribution in [-0.4, -0.2) is 28.7 Å². The molecule has 128 valence electrons. The van der Waals surface area contributed by atoms with Gasteiger partial charge in [-0.3, -0.25) is 0 Å². The first kappa shape index (κ1) is 18.3. The number of halogens is 5. The molecule has 0 spiro atoms. The highest BCUT2D eigenvalue weighted by molar-refractivity contribution is 6.34. The van der Waals surface area contributed by atoms with Crippen LogP contribution in [0.5, 0.6) is 11.8 Å². The van der Waals surface area contributed by atoms with E-state index in [1.165, 1.54) is 30.6 Å². The van der Waals surface area contributed by atoms with Crippen LogP contribution < -0.4 is 4.74 Å². The maximum absolute atomic E-state index is 12.1. The summed E-state index contributed by atoms with van der Waals surface area (Å²) in [5.74, 6) is -1.10. The minimum absolute atomic E-state index is 0.0431. The Morgan fingerprint density at radius 1 is 1.17 bits per heavy atom. The number of rotatable bonds is 5. The second kappa shape index (κ2) is 7.67. The third-order valence-electron chi connectivity index (χ3n) is 2.60. The van der Waals surface area contributed by atoms with Gasteiger partial charge >= 0.3 is 18.2 Å². The topological polar surface area (TPSA) is 61.3 Å². The number of nitrogens with zero attached hydrogens (tertiary/aromatic N) is 2. The van der Waals surface area contributed by atoms with E-state index in [-0.39, 0.29) is 27.4 Å². The number of aromatic nitrogens is 2. The zero-order chi connectivity index (χ0) is 17.7. The third kappa shape index (κ3) is 5.24. The van der Waals surface area contributed by atoms with Gasteiger partial charge in [-0.2, -0.15) is 13.2 Å². The number of esters is 1. The predicted octanol–water partition coefficient (Wildman–Crippen LogP) is 4.68. The summed E-state index contributed by atoms with van der Waals surface area (Å²) >= 11 is 11.6. The second-order valence-corrected chi connectivity index (χ2v) is 5.24. The fourth-order valence-electron chi connectivity index (χ4n) is 1.57. The van der Waals surface area contributed by atoms with Crippen LogP contribution >= 0.6 is 23.2 Å². The molecule has 1 heterocycles. The van der Waals surface area contributed by atoms with E-state index in [2.05, 4.69) is 14.7 Å². The lowest BCUT2D eigenvalue weighted by Gasteiger charge is -2.12. The summed E-state index contributed by atoms with van der Waals surface area (Å²) in [4.78, 5) is 19.6. The monoisotopic (exact) mass is 380 g/mol. The Bertz CT molecular complexity index is 724. The van der Waals surface area contributed by atoms with Gasteiger partial charge in [0.05, 0.1) is 28.9 Å². The summed E-state index contributed by atoms with van der Waals surface area (Å²) in [6, 6.07) is 4.12. The van der Waals surface area contributed by atoms with E-state index in [9.17, 15) is 18.0 Å². The number of carbonyl (C=O) groups excluding carboxylic acids is 1. The molecular formula is C14H9Cl2F3N2O3. The molecule has 0 N–H and O–H groups in total. The normalized spacial score (nSPS) is 11.2. The van der Waals surface area contributed by atoms with E-state index >= 15 is 0 Å². The van der Waals surface area contributed by atoms with Crippen molar-refractivity contribution in [3.05, 3.63) is 46.2 Å².